The quantitative estimate of drug-likeness (QED) is 0.737. The maximum Gasteiger partial charge on any atom is 0.407 e. The Morgan fingerprint density at radius 2 is 2.18 bits per heavy atom. The minimum Gasteiger partial charge on any atom is -0.465 e. The van der Waals surface area contributed by atoms with Gasteiger partial charge >= 0.3 is 6.09 Å². The first-order chi connectivity index (χ1) is 13.5. The van der Waals surface area contributed by atoms with E-state index < -0.39 is 6.09 Å². The van der Waals surface area contributed by atoms with Crippen molar-refractivity contribution >= 4 is 45.1 Å². The standard InChI is InChI=1S/C18H24ClN5O3S/c1-22(10-12-3-2-4-24(12)18(25)26)11-13-9-14-15(28-13)16(21-17(19)20-14)23-5-7-27-8-6-23/h9,12H,2-8,10-11H2,1H3,(H,25,26). The number of amides is 1. The van der Waals surface area contributed by atoms with E-state index in [2.05, 4.69) is 25.8 Å². The molecule has 1 atom stereocenters. The summed E-state index contributed by atoms with van der Waals surface area (Å²) in [4.78, 5) is 27.3. The van der Waals surface area contributed by atoms with E-state index in [4.69, 9.17) is 16.3 Å². The van der Waals surface area contributed by atoms with Gasteiger partial charge in [0.05, 0.1) is 23.4 Å². The molecule has 2 aromatic rings. The molecule has 0 aliphatic carbocycles. The molecule has 2 saturated heterocycles. The first-order valence-electron chi connectivity index (χ1n) is 9.48. The number of halogens is 1. The summed E-state index contributed by atoms with van der Waals surface area (Å²) in [6, 6.07) is 2.13. The normalized spacial score (nSPS) is 20.5. The molecule has 2 aliphatic rings. The number of aromatic nitrogens is 2. The molecule has 2 aliphatic heterocycles. The molecule has 152 valence electrons. The Morgan fingerprint density at radius 3 is 2.93 bits per heavy atom. The number of carbonyl (C=O) groups is 1. The van der Waals surface area contributed by atoms with E-state index in [1.807, 2.05) is 7.05 Å². The van der Waals surface area contributed by atoms with Crippen molar-refractivity contribution in [3.05, 3.63) is 16.2 Å². The maximum atomic E-state index is 11.4. The third-order valence-electron chi connectivity index (χ3n) is 5.26. The molecule has 0 saturated carbocycles. The topological polar surface area (TPSA) is 82.0 Å². The fourth-order valence-electron chi connectivity index (χ4n) is 3.97. The van der Waals surface area contributed by atoms with Gasteiger partial charge in [-0.1, -0.05) is 0 Å². The van der Waals surface area contributed by atoms with Gasteiger partial charge in [-0.2, -0.15) is 4.98 Å². The molecule has 8 nitrogen and oxygen atoms in total. The van der Waals surface area contributed by atoms with E-state index in [1.165, 1.54) is 4.88 Å². The number of morpholine rings is 1. The van der Waals surface area contributed by atoms with Gasteiger partial charge in [-0.25, -0.2) is 9.78 Å². The zero-order chi connectivity index (χ0) is 19.7. The first kappa shape index (κ1) is 19.6. The van der Waals surface area contributed by atoms with Crippen molar-refractivity contribution in [1.82, 2.24) is 19.8 Å². The molecule has 1 N–H and O–H groups in total. The van der Waals surface area contributed by atoms with Gasteiger partial charge in [0.25, 0.3) is 0 Å². The summed E-state index contributed by atoms with van der Waals surface area (Å²) in [5, 5.41) is 9.59. The Balaban J connectivity index is 1.50. The van der Waals surface area contributed by atoms with Crippen LogP contribution < -0.4 is 4.90 Å². The van der Waals surface area contributed by atoms with Crippen LogP contribution in [0.5, 0.6) is 0 Å². The number of anilines is 1. The zero-order valence-corrected chi connectivity index (χ0v) is 17.4. The van der Waals surface area contributed by atoms with Crippen LogP contribution in [0.25, 0.3) is 10.2 Å². The number of fused-ring (bicyclic) bond motifs is 1. The van der Waals surface area contributed by atoms with E-state index in [9.17, 15) is 9.90 Å². The minimum absolute atomic E-state index is 0.0648. The molecule has 2 aromatic heterocycles. The highest BCUT2D eigenvalue weighted by molar-refractivity contribution is 7.19. The van der Waals surface area contributed by atoms with Crippen LogP contribution in [0, 0.1) is 0 Å². The average molecular weight is 426 g/mol. The number of likely N-dealkylation sites (tertiary alicyclic amines) is 1. The van der Waals surface area contributed by atoms with Gasteiger partial charge in [-0.15, -0.1) is 11.3 Å². The number of hydrogen-bond acceptors (Lipinski definition) is 7. The summed E-state index contributed by atoms with van der Waals surface area (Å²) >= 11 is 7.85. The van der Waals surface area contributed by atoms with Gasteiger partial charge < -0.3 is 19.6 Å². The van der Waals surface area contributed by atoms with Crippen molar-refractivity contribution < 1.29 is 14.6 Å². The summed E-state index contributed by atoms with van der Waals surface area (Å²) in [5.41, 5.74) is 0.864. The highest BCUT2D eigenvalue weighted by Gasteiger charge is 2.29. The molecule has 0 bridgehead atoms. The Hall–Kier alpha value is -1.68. The van der Waals surface area contributed by atoms with E-state index in [0.717, 1.165) is 55.1 Å². The fraction of sp³-hybridized carbons (Fsp3) is 0.611. The first-order valence-corrected chi connectivity index (χ1v) is 10.7. The molecule has 28 heavy (non-hydrogen) atoms. The van der Waals surface area contributed by atoms with Crippen LogP contribution in [0.1, 0.15) is 17.7 Å². The predicted octanol–water partition coefficient (Wildman–Crippen LogP) is 2.76. The molecule has 1 unspecified atom stereocenters. The SMILES string of the molecule is CN(Cc1cc2nc(Cl)nc(N3CCOCC3)c2s1)CC1CCCN1C(=O)O. The molecule has 4 heterocycles. The van der Waals surface area contributed by atoms with Crippen LogP contribution in [0.4, 0.5) is 10.6 Å². The summed E-state index contributed by atoms with van der Waals surface area (Å²) in [5.74, 6) is 0.880. The highest BCUT2D eigenvalue weighted by atomic mass is 35.5. The Labute approximate surface area is 172 Å². The Bertz CT molecular complexity index is 857. The fourth-order valence-corrected chi connectivity index (χ4v) is 5.34. The lowest BCUT2D eigenvalue weighted by Crippen LogP contribution is -2.41. The van der Waals surface area contributed by atoms with Crippen molar-refractivity contribution in [3.63, 3.8) is 0 Å². The maximum absolute atomic E-state index is 11.4. The van der Waals surface area contributed by atoms with E-state index in [1.54, 1.807) is 16.2 Å². The Kier molecular flexibility index (Phi) is 5.86. The summed E-state index contributed by atoms with van der Waals surface area (Å²) in [7, 11) is 2.03. The third kappa shape index (κ3) is 4.17. The van der Waals surface area contributed by atoms with Crippen molar-refractivity contribution in [2.24, 2.45) is 0 Å². The lowest BCUT2D eigenvalue weighted by molar-refractivity contribution is 0.122. The van der Waals surface area contributed by atoms with Crippen molar-refractivity contribution in [3.8, 4) is 0 Å². The minimum atomic E-state index is -0.821. The molecular weight excluding hydrogens is 402 g/mol. The van der Waals surface area contributed by atoms with Gasteiger partial charge in [0.2, 0.25) is 5.28 Å². The molecule has 0 radical (unpaired) electrons. The van der Waals surface area contributed by atoms with Gasteiger partial charge in [0, 0.05) is 43.6 Å². The third-order valence-corrected chi connectivity index (χ3v) is 6.53. The smallest absolute Gasteiger partial charge is 0.407 e. The van der Waals surface area contributed by atoms with Gasteiger partial charge in [-0.3, -0.25) is 4.90 Å². The number of thiophene rings is 1. The monoisotopic (exact) mass is 425 g/mol. The van der Waals surface area contributed by atoms with Crippen LogP contribution in [0.15, 0.2) is 6.07 Å². The number of hydrogen-bond donors (Lipinski definition) is 1. The zero-order valence-electron chi connectivity index (χ0n) is 15.8. The highest BCUT2D eigenvalue weighted by Crippen LogP contribution is 2.34. The van der Waals surface area contributed by atoms with E-state index >= 15 is 0 Å². The van der Waals surface area contributed by atoms with Gasteiger partial charge in [0.1, 0.15) is 0 Å². The number of carboxylic acid groups (broad SMARTS) is 1. The van der Waals surface area contributed by atoms with E-state index in [0.29, 0.717) is 19.8 Å². The second-order valence-electron chi connectivity index (χ2n) is 7.31. The van der Waals surface area contributed by atoms with Crippen LogP contribution in [0.3, 0.4) is 0 Å². The second-order valence-corrected chi connectivity index (χ2v) is 8.79. The number of likely N-dealkylation sites (N-methyl/N-ethyl adjacent to an activating group) is 1. The second kappa shape index (κ2) is 8.36. The lowest BCUT2D eigenvalue weighted by Gasteiger charge is -2.28. The van der Waals surface area contributed by atoms with Crippen LogP contribution in [0.2, 0.25) is 5.28 Å². The summed E-state index contributed by atoms with van der Waals surface area (Å²) in [6.07, 6.45) is 1.04. The van der Waals surface area contributed by atoms with E-state index in [-0.39, 0.29) is 11.3 Å². The van der Waals surface area contributed by atoms with Crippen molar-refractivity contribution in [2.75, 3.05) is 51.3 Å². The molecule has 2 fully saturated rings. The number of rotatable bonds is 5. The predicted molar refractivity (Wildman–Crippen MR) is 110 cm³/mol. The molecule has 0 aromatic carbocycles. The van der Waals surface area contributed by atoms with Gasteiger partial charge in [0.15, 0.2) is 5.82 Å². The summed E-state index contributed by atoms with van der Waals surface area (Å²) in [6.45, 7) is 5.06. The Morgan fingerprint density at radius 1 is 1.39 bits per heavy atom. The largest absolute Gasteiger partial charge is 0.465 e. The molecule has 1 amide bonds. The summed E-state index contributed by atoms with van der Waals surface area (Å²) < 4.78 is 6.49. The molecule has 0 spiro atoms. The van der Waals surface area contributed by atoms with Crippen LogP contribution in [-0.2, 0) is 11.3 Å². The molecule has 10 heteroatoms. The van der Waals surface area contributed by atoms with Crippen LogP contribution >= 0.6 is 22.9 Å². The van der Waals surface area contributed by atoms with Crippen molar-refractivity contribution in [1.29, 1.82) is 0 Å². The van der Waals surface area contributed by atoms with Crippen LogP contribution in [-0.4, -0.2) is 83.4 Å². The van der Waals surface area contributed by atoms with Gasteiger partial charge in [-0.05, 0) is 37.6 Å². The molecular formula is C18H24ClN5O3S. The lowest BCUT2D eigenvalue weighted by atomic mass is 10.2. The van der Waals surface area contributed by atoms with Crippen molar-refractivity contribution in [2.45, 2.75) is 25.4 Å². The number of nitrogens with zero attached hydrogens (tertiary/aromatic N) is 5. The average Bonchev–Trinajstić information content (AvgIpc) is 3.28. The number of ether oxygens (including phenoxy) is 1. The molecule has 4 rings (SSSR count).